The van der Waals surface area contributed by atoms with Crippen LogP contribution in [-0.4, -0.2) is 62.5 Å². The van der Waals surface area contributed by atoms with Crippen LogP contribution < -0.4 is 15.5 Å². The first-order chi connectivity index (χ1) is 17.9. The van der Waals surface area contributed by atoms with Crippen molar-refractivity contribution in [1.82, 2.24) is 10.2 Å². The van der Waals surface area contributed by atoms with Gasteiger partial charge >= 0.3 is 0 Å². The van der Waals surface area contributed by atoms with Crippen molar-refractivity contribution in [2.45, 2.75) is 13.0 Å². The Bertz CT molecular complexity index is 1230. The molecule has 1 fully saturated rings. The Labute approximate surface area is 214 Å². The Morgan fingerprint density at radius 2 is 1.84 bits per heavy atom. The molecule has 0 atom stereocenters. The van der Waals surface area contributed by atoms with E-state index in [4.69, 9.17) is 9.15 Å². The van der Waals surface area contributed by atoms with Gasteiger partial charge in [-0.2, -0.15) is 0 Å². The predicted octanol–water partition coefficient (Wildman–Crippen LogP) is 3.29. The zero-order chi connectivity index (χ0) is 26.2. The summed E-state index contributed by atoms with van der Waals surface area (Å²) in [7, 11) is 1.43. The van der Waals surface area contributed by atoms with Crippen LogP contribution in [0.3, 0.4) is 0 Å². The molecule has 1 aromatic heterocycles. The lowest BCUT2D eigenvalue weighted by Gasteiger charge is -2.26. The molecule has 4 rings (SSSR count). The zero-order valence-corrected chi connectivity index (χ0v) is 20.5. The van der Waals surface area contributed by atoms with Crippen LogP contribution in [0.5, 0.6) is 0 Å². The van der Waals surface area contributed by atoms with Gasteiger partial charge in [-0.25, -0.2) is 4.39 Å². The summed E-state index contributed by atoms with van der Waals surface area (Å²) in [6.07, 6.45) is 2.18. The average Bonchev–Trinajstić information content (AvgIpc) is 3.33. The number of nitrogens with one attached hydrogen (secondary N) is 2. The number of hydrogen-bond acceptors (Lipinski definition) is 6. The molecule has 3 amide bonds. The summed E-state index contributed by atoms with van der Waals surface area (Å²) in [5.74, 6) is -0.895. The molecule has 37 heavy (non-hydrogen) atoms. The molecule has 10 heteroatoms. The molecule has 0 unspecified atom stereocenters. The van der Waals surface area contributed by atoms with E-state index in [0.717, 1.165) is 5.56 Å². The highest BCUT2D eigenvalue weighted by Gasteiger charge is 2.24. The minimum absolute atomic E-state index is 0.112. The maximum atomic E-state index is 13.3. The molecule has 0 aliphatic carbocycles. The molecule has 3 aromatic rings. The topological polar surface area (TPSA) is 104 Å². The van der Waals surface area contributed by atoms with Crippen molar-refractivity contribution in [3.8, 4) is 0 Å². The molecule has 1 aliphatic heterocycles. The number of nitrogens with zero attached hydrogens (tertiary/aromatic N) is 2. The Kier molecular flexibility index (Phi) is 8.52. The number of ether oxygens (including phenoxy) is 1. The maximum absolute atomic E-state index is 13.3. The van der Waals surface area contributed by atoms with Crippen LogP contribution in [0.1, 0.15) is 32.9 Å². The number of rotatable bonds is 8. The third-order valence-electron chi connectivity index (χ3n) is 6.02. The highest BCUT2D eigenvalue weighted by Crippen LogP contribution is 2.26. The molecule has 0 spiro atoms. The van der Waals surface area contributed by atoms with Crippen molar-refractivity contribution in [3.63, 3.8) is 0 Å². The van der Waals surface area contributed by atoms with Crippen LogP contribution in [0.4, 0.5) is 15.8 Å². The molecular formula is C27H29FN4O5. The lowest BCUT2D eigenvalue weighted by Crippen LogP contribution is -2.35. The van der Waals surface area contributed by atoms with Crippen molar-refractivity contribution < 1.29 is 27.9 Å². The van der Waals surface area contributed by atoms with E-state index in [2.05, 4.69) is 15.5 Å². The number of methoxy groups -OCH3 is 1. The van der Waals surface area contributed by atoms with Crippen molar-refractivity contribution in [2.75, 3.05) is 50.1 Å². The van der Waals surface area contributed by atoms with Gasteiger partial charge in [-0.15, -0.1) is 0 Å². The second-order valence-corrected chi connectivity index (χ2v) is 8.63. The lowest BCUT2D eigenvalue weighted by atomic mass is 10.1. The van der Waals surface area contributed by atoms with Gasteiger partial charge in [0, 0.05) is 51.2 Å². The van der Waals surface area contributed by atoms with Crippen LogP contribution in [0.15, 0.2) is 65.3 Å². The second kappa shape index (κ2) is 12.2. The van der Waals surface area contributed by atoms with Crippen LogP contribution in [-0.2, 0) is 16.1 Å². The molecule has 9 nitrogen and oxygen atoms in total. The van der Waals surface area contributed by atoms with Crippen molar-refractivity contribution >= 4 is 29.1 Å². The summed E-state index contributed by atoms with van der Waals surface area (Å²) >= 11 is 0. The Morgan fingerprint density at radius 1 is 1.03 bits per heavy atom. The minimum atomic E-state index is -0.349. The summed E-state index contributed by atoms with van der Waals surface area (Å²) in [5, 5.41) is 5.61. The van der Waals surface area contributed by atoms with Crippen LogP contribution in [0, 0.1) is 5.82 Å². The van der Waals surface area contributed by atoms with Gasteiger partial charge in [0.1, 0.15) is 12.4 Å². The summed E-state index contributed by atoms with van der Waals surface area (Å²) < 4.78 is 23.4. The van der Waals surface area contributed by atoms with Crippen LogP contribution in [0.2, 0.25) is 0 Å². The molecule has 0 radical (unpaired) electrons. The van der Waals surface area contributed by atoms with Crippen LogP contribution in [0.25, 0.3) is 0 Å². The zero-order valence-electron chi connectivity index (χ0n) is 20.5. The molecule has 2 N–H and O–H groups in total. The largest absolute Gasteiger partial charge is 0.459 e. The first-order valence-corrected chi connectivity index (χ1v) is 12.0. The maximum Gasteiger partial charge on any atom is 0.289 e. The number of benzene rings is 2. The van der Waals surface area contributed by atoms with Gasteiger partial charge in [0.2, 0.25) is 5.91 Å². The molecule has 1 aliphatic rings. The van der Waals surface area contributed by atoms with E-state index in [9.17, 15) is 18.8 Å². The fraction of sp³-hybridized carbons (Fsp3) is 0.296. The number of amides is 3. The smallest absolute Gasteiger partial charge is 0.289 e. The van der Waals surface area contributed by atoms with Gasteiger partial charge in [0.05, 0.1) is 11.8 Å². The van der Waals surface area contributed by atoms with E-state index < -0.39 is 0 Å². The van der Waals surface area contributed by atoms with Gasteiger partial charge in [-0.3, -0.25) is 14.4 Å². The van der Waals surface area contributed by atoms with E-state index in [1.54, 1.807) is 47.4 Å². The van der Waals surface area contributed by atoms with Gasteiger partial charge in [-0.1, -0.05) is 12.1 Å². The predicted molar refractivity (Wildman–Crippen MR) is 136 cm³/mol. The monoisotopic (exact) mass is 508 g/mol. The SMILES string of the molecule is COCC(=O)Nc1ccc(N2CCCN(C(=O)c3ccco3)CC2)c(C(=O)NCc2ccc(F)cc2)c1. The molecule has 1 saturated heterocycles. The first kappa shape index (κ1) is 25.9. The number of hydrogen-bond donors (Lipinski definition) is 2. The van der Waals surface area contributed by atoms with E-state index in [-0.39, 0.29) is 36.7 Å². The quantitative estimate of drug-likeness (QED) is 0.484. The number of halogens is 1. The van der Waals surface area contributed by atoms with Crippen molar-refractivity contribution in [3.05, 3.63) is 83.6 Å². The first-order valence-electron chi connectivity index (χ1n) is 12.0. The molecule has 2 heterocycles. The van der Waals surface area contributed by atoms with Crippen LogP contribution >= 0.6 is 0 Å². The van der Waals surface area contributed by atoms with E-state index in [1.165, 1.54) is 25.5 Å². The van der Waals surface area contributed by atoms with E-state index >= 15 is 0 Å². The standard InChI is InChI=1S/C27H29FN4O5/c1-36-18-25(33)30-21-9-10-23(22(16-21)26(34)29-17-19-5-7-20(28)8-6-19)31-11-3-12-32(14-13-31)27(35)24-4-2-15-37-24/h2,4-10,15-16H,3,11-14,17-18H2,1H3,(H,29,34)(H,30,33). The Hall–Kier alpha value is -4.18. The normalized spacial score (nSPS) is 13.7. The summed E-state index contributed by atoms with van der Waals surface area (Å²) in [6.45, 7) is 2.27. The molecular weight excluding hydrogens is 479 g/mol. The lowest BCUT2D eigenvalue weighted by molar-refractivity contribution is -0.119. The highest BCUT2D eigenvalue weighted by atomic mass is 19.1. The van der Waals surface area contributed by atoms with E-state index in [0.29, 0.717) is 55.3 Å². The average molecular weight is 509 g/mol. The summed E-state index contributed by atoms with van der Waals surface area (Å²) in [4.78, 5) is 41.9. The third kappa shape index (κ3) is 6.73. The van der Waals surface area contributed by atoms with Gasteiger partial charge in [-0.05, 0) is 54.4 Å². The molecule has 0 bridgehead atoms. The third-order valence-corrected chi connectivity index (χ3v) is 6.02. The van der Waals surface area contributed by atoms with E-state index in [1.807, 2.05) is 0 Å². The number of anilines is 2. The van der Waals surface area contributed by atoms with Gasteiger partial charge < -0.3 is 29.6 Å². The molecule has 194 valence electrons. The highest BCUT2D eigenvalue weighted by molar-refractivity contribution is 6.02. The number of furan rings is 1. The fourth-order valence-electron chi connectivity index (χ4n) is 4.20. The minimum Gasteiger partial charge on any atom is -0.459 e. The Balaban J connectivity index is 1.53. The summed E-state index contributed by atoms with van der Waals surface area (Å²) in [6, 6.07) is 14.4. The van der Waals surface area contributed by atoms with Gasteiger partial charge in [0.15, 0.2) is 5.76 Å². The number of carbonyl (C=O) groups is 3. The number of carbonyl (C=O) groups excluding carboxylic acids is 3. The Morgan fingerprint density at radius 3 is 2.57 bits per heavy atom. The fourth-order valence-corrected chi connectivity index (χ4v) is 4.20. The molecule has 2 aromatic carbocycles. The van der Waals surface area contributed by atoms with Crippen molar-refractivity contribution in [2.24, 2.45) is 0 Å². The summed E-state index contributed by atoms with van der Waals surface area (Å²) in [5.41, 5.74) is 2.28. The second-order valence-electron chi connectivity index (χ2n) is 8.63. The molecule has 0 saturated carbocycles. The van der Waals surface area contributed by atoms with Crippen molar-refractivity contribution in [1.29, 1.82) is 0 Å². The van der Waals surface area contributed by atoms with Gasteiger partial charge in [0.25, 0.3) is 11.8 Å².